The van der Waals surface area contributed by atoms with E-state index in [0.717, 1.165) is 12.3 Å². The number of aliphatic hydroxyl groups is 1. The average Bonchev–Trinajstić information content (AvgIpc) is 2.75. The van der Waals surface area contributed by atoms with Gasteiger partial charge in [-0.15, -0.1) is 0 Å². The van der Waals surface area contributed by atoms with Crippen molar-refractivity contribution < 1.29 is 23.0 Å². The van der Waals surface area contributed by atoms with Crippen LogP contribution in [0.4, 0.5) is 13.2 Å². The van der Waals surface area contributed by atoms with Gasteiger partial charge in [-0.25, -0.2) is 0 Å². The standard InChI is InChI=1S/C23H17Cl2F3N2O3/c1-12-7-15(11-30-21(12)31)22(32,23(26,27)28)13(2)17-5-4-16(9-18(17)24)33-20-6-3-14(10-29)8-19(20)25/h3-9,11,13,32H,1-2H3,(H,30,31). The van der Waals surface area contributed by atoms with Gasteiger partial charge in [-0.1, -0.05) is 36.2 Å². The van der Waals surface area contributed by atoms with Crippen molar-refractivity contribution in [1.82, 2.24) is 4.98 Å². The van der Waals surface area contributed by atoms with E-state index in [1.54, 1.807) is 0 Å². The number of aromatic nitrogens is 1. The third-order valence-corrected chi connectivity index (χ3v) is 5.94. The van der Waals surface area contributed by atoms with Crippen LogP contribution >= 0.6 is 23.2 Å². The van der Waals surface area contributed by atoms with E-state index < -0.39 is 28.8 Å². The molecule has 0 aliphatic carbocycles. The van der Waals surface area contributed by atoms with Crippen molar-refractivity contribution in [1.29, 1.82) is 5.26 Å². The van der Waals surface area contributed by atoms with Crippen LogP contribution in [-0.2, 0) is 5.60 Å². The molecule has 3 aromatic rings. The maximum atomic E-state index is 14.1. The molecule has 0 aliphatic heterocycles. The zero-order valence-electron chi connectivity index (χ0n) is 17.3. The minimum atomic E-state index is -5.08. The van der Waals surface area contributed by atoms with Crippen molar-refractivity contribution in [3.8, 4) is 17.6 Å². The smallest absolute Gasteiger partial charge is 0.422 e. The summed E-state index contributed by atoms with van der Waals surface area (Å²) >= 11 is 12.4. The first-order valence-corrected chi connectivity index (χ1v) is 10.3. The number of aromatic amines is 1. The molecule has 0 amide bonds. The van der Waals surface area contributed by atoms with Gasteiger partial charge in [0.1, 0.15) is 11.5 Å². The van der Waals surface area contributed by atoms with Crippen molar-refractivity contribution >= 4 is 23.2 Å². The largest absolute Gasteiger partial charge is 0.456 e. The molecule has 5 nitrogen and oxygen atoms in total. The molecule has 0 bridgehead atoms. The topological polar surface area (TPSA) is 86.1 Å². The van der Waals surface area contributed by atoms with Gasteiger partial charge < -0.3 is 14.8 Å². The summed E-state index contributed by atoms with van der Waals surface area (Å²) in [6, 6.07) is 11.3. The fourth-order valence-electron chi connectivity index (χ4n) is 3.40. The summed E-state index contributed by atoms with van der Waals surface area (Å²) in [7, 11) is 0. The van der Waals surface area contributed by atoms with Gasteiger partial charge in [0.15, 0.2) is 5.60 Å². The predicted octanol–water partition coefficient (Wildman–Crippen LogP) is 6.21. The minimum absolute atomic E-state index is 0.0126. The second-order valence-electron chi connectivity index (χ2n) is 7.43. The van der Waals surface area contributed by atoms with Crippen LogP contribution in [0, 0.1) is 18.3 Å². The average molecular weight is 497 g/mol. The van der Waals surface area contributed by atoms with E-state index in [-0.39, 0.29) is 32.7 Å². The Morgan fingerprint density at radius 3 is 2.36 bits per heavy atom. The maximum absolute atomic E-state index is 14.1. The highest BCUT2D eigenvalue weighted by Gasteiger charge is 2.59. The Morgan fingerprint density at radius 1 is 1.12 bits per heavy atom. The van der Waals surface area contributed by atoms with Crippen molar-refractivity contribution in [3.05, 3.63) is 91.3 Å². The molecule has 0 radical (unpaired) electrons. The zero-order chi connectivity index (χ0) is 24.6. The summed E-state index contributed by atoms with van der Waals surface area (Å²) < 4.78 is 48.0. The molecule has 1 aromatic heterocycles. The molecule has 3 rings (SSSR count). The summed E-state index contributed by atoms with van der Waals surface area (Å²) in [5.74, 6) is -1.12. The molecule has 2 N–H and O–H groups in total. The van der Waals surface area contributed by atoms with E-state index in [1.807, 2.05) is 6.07 Å². The Labute approximate surface area is 197 Å². The van der Waals surface area contributed by atoms with Gasteiger partial charge in [0, 0.05) is 28.3 Å². The third-order valence-electron chi connectivity index (χ3n) is 5.32. The van der Waals surface area contributed by atoms with Crippen LogP contribution in [0.1, 0.15) is 35.1 Å². The summed E-state index contributed by atoms with van der Waals surface area (Å²) in [5, 5.41) is 19.9. The number of pyridine rings is 1. The van der Waals surface area contributed by atoms with Crippen LogP contribution in [0.2, 0.25) is 10.0 Å². The van der Waals surface area contributed by atoms with Crippen molar-refractivity contribution in [3.63, 3.8) is 0 Å². The van der Waals surface area contributed by atoms with Crippen molar-refractivity contribution in [2.45, 2.75) is 31.5 Å². The van der Waals surface area contributed by atoms with Crippen LogP contribution in [0.15, 0.2) is 53.5 Å². The first kappa shape index (κ1) is 24.6. The van der Waals surface area contributed by atoms with Crippen LogP contribution in [0.3, 0.4) is 0 Å². The molecule has 0 aliphatic rings. The molecule has 2 aromatic carbocycles. The van der Waals surface area contributed by atoms with Crippen LogP contribution in [0.5, 0.6) is 11.5 Å². The molecule has 33 heavy (non-hydrogen) atoms. The fraction of sp³-hybridized carbons (Fsp3) is 0.217. The van der Waals surface area contributed by atoms with E-state index in [2.05, 4.69) is 4.98 Å². The van der Waals surface area contributed by atoms with Gasteiger partial charge in [-0.3, -0.25) is 4.79 Å². The lowest BCUT2D eigenvalue weighted by Crippen LogP contribution is -2.47. The number of benzene rings is 2. The molecule has 172 valence electrons. The van der Waals surface area contributed by atoms with Gasteiger partial charge in [0.25, 0.3) is 5.56 Å². The van der Waals surface area contributed by atoms with Gasteiger partial charge in [0.05, 0.1) is 16.7 Å². The predicted molar refractivity (Wildman–Crippen MR) is 118 cm³/mol. The van der Waals surface area contributed by atoms with Gasteiger partial charge in [-0.05, 0) is 48.9 Å². The Kier molecular flexibility index (Phi) is 6.80. The first-order chi connectivity index (χ1) is 15.4. The molecular formula is C23H17Cl2F3N2O3. The summed E-state index contributed by atoms with van der Waals surface area (Å²) in [6.07, 6.45) is -4.23. The number of hydrogen-bond donors (Lipinski definition) is 2. The second kappa shape index (κ2) is 9.10. The molecule has 0 saturated heterocycles. The van der Waals surface area contributed by atoms with E-state index in [9.17, 15) is 23.1 Å². The highest BCUT2D eigenvalue weighted by molar-refractivity contribution is 6.32. The number of nitriles is 1. The molecular weight excluding hydrogens is 480 g/mol. The Bertz CT molecular complexity index is 1300. The molecule has 0 saturated carbocycles. The summed E-state index contributed by atoms with van der Waals surface area (Å²) in [6.45, 7) is 2.53. The van der Waals surface area contributed by atoms with Gasteiger partial charge in [-0.2, -0.15) is 18.4 Å². The molecule has 1 heterocycles. The Morgan fingerprint density at radius 2 is 1.82 bits per heavy atom. The summed E-state index contributed by atoms with van der Waals surface area (Å²) in [5.41, 5.74) is -4.03. The lowest BCUT2D eigenvalue weighted by Gasteiger charge is -2.37. The highest BCUT2D eigenvalue weighted by atomic mass is 35.5. The molecule has 0 fully saturated rings. The molecule has 2 atom stereocenters. The maximum Gasteiger partial charge on any atom is 0.422 e. The number of nitrogens with one attached hydrogen (secondary N) is 1. The van der Waals surface area contributed by atoms with Crippen LogP contribution in [0.25, 0.3) is 0 Å². The normalized spacial score (nSPS) is 14.3. The molecule has 10 heteroatoms. The SMILES string of the molecule is Cc1cc(C(O)(C(C)c2ccc(Oc3ccc(C#N)cc3Cl)cc2Cl)C(F)(F)F)c[nH]c1=O. The van der Waals surface area contributed by atoms with Crippen LogP contribution < -0.4 is 10.3 Å². The number of nitrogens with zero attached hydrogens (tertiary/aromatic N) is 1. The van der Waals surface area contributed by atoms with Gasteiger partial charge >= 0.3 is 6.18 Å². The minimum Gasteiger partial charge on any atom is -0.456 e. The van der Waals surface area contributed by atoms with E-state index in [1.165, 1.54) is 50.2 Å². The van der Waals surface area contributed by atoms with Gasteiger partial charge in [0.2, 0.25) is 0 Å². The number of ether oxygens (including phenoxy) is 1. The second-order valence-corrected chi connectivity index (χ2v) is 8.24. The monoisotopic (exact) mass is 496 g/mol. The van der Waals surface area contributed by atoms with E-state index >= 15 is 0 Å². The Hall–Kier alpha value is -2.99. The third kappa shape index (κ3) is 4.71. The highest BCUT2D eigenvalue weighted by Crippen LogP contribution is 2.50. The van der Waals surface area contributed by atoms with Crippen molar-refractivity contribution in [2.24, 2.45) is 0 Å². The van der Waals surface area contributed by atoms with E-state index in [4.69, 9.17) is 33.2 Å². The Balaban J connectivity index is 2.00. The van der Waals surface area contributed by atoms with E-state index in [0.29, 0.717) is 5.56 Å². The number of aryl methyl sites for hydroxylation is 1. The zero-order valence-corrected chi connectivity index (χ0v) is 18.8. The number of H-pyrrole nitrogens is 1. The number of hydrogen-bond acceptors (Lipinski definition) is 4. The number of halogens is 5. The molecule has 2 unspecified atom stereocenters. The van der Waals surface area contributed by atoms with Crippen LogP contribution in [-0.4, -0.2) is 16.3 Å². The number of alkyl halides is 3. The van der Waals surface area contributed by atoms with Crippen molar-refractivity contribution in [2.75, 3.05) is 0 Å². The quantitative estimate of drug-likeness (QED) is 0.439. The fourth-order valence-corrected chi connectivity index (χ4v) is 3.96. The lowest BCUT2D eigenvalue weighted by molar-refractivity contribution is -0.274. The number of rotatable bonds is 5. The molecule has 0 spiro atoms. The summed E-state index contributed by atoms with van der Waals surface area (Å²) in [4.78, 5) is 13.8. The first-order valence-electron chi connectivity index (χ1n) is 9.54. The lowest BCUT2D eigenvalue weighted by atomic mass is 9.78.